The van der Waals surface area contributed by atoms with Crippen molar-refractivity contribution >= 4 is 23.1 Å². The van der Waals surface area contributed by atoms with Crippen LogP contribution in [0.5, 0.6) is 0 Å². The molecule has 1 N–H and O–H groups in total. The molecule has 1 aromatic carbocycles. The van der Waals surface area contributed by atoms with E-state index in [0.717, 1.165) is 11.3 Å². The molecule has 0 fully saturated rings. The standard InChI is InChI=1S/C19H16N4OS/c24-15-10-13(16-7-4-8-25-16)9-14-17(15)18(12-5-2-1-3-6-12)23-19(22-14)20-11-21-23/h1-9,11,13,17-18H,10H2,(H,20,21,22)/t13-,17-,18-/m0/s1. The molecular weight excluding hydrogens is 332 g/mol. The van der Waals surface area contributed by atoms with E-state index in [9.17, 15) is 4.79 Å². The maximum absolute atomic E-state index is 13.1. The Morgan fingerprint density at radius 1 is 1.16 bits per heavy atom. The van der Waals surface area contributed by atoms with E-state index < -0.39 is 0 Å². The molecule has 3 aromatic rings. The van der Waals surface area contributed by atoms with Crippen LogP contribution in [-0.4, -0.2) is 20.5 Å². The number of thiophene rings is 1. The molecule has 6 heteroatoms. The minimum Gasteiger partial charge on any atom is -0.328 e. The van der Waals surface area contributed by atoms with Crippen LogP contribution in [0.4, 0.5) is 5.95 Å². The first-order valence-corrected chi connectivity index (χ1v) is 9.18. The summed E-state index contributed by atoms with van der Waals surface area (Å²) in [5.41, 5.74) is 2.03. The summed E-state index contributed by atoms with van der Waals surface area (Å²) in [7, 11) is 0. The number of ketones is 1. The molecule has 0 saturated heterocycles. The third-order valence-electron chi connectivity index (χ3n) is 4.94. The molecule has 0 saturated carbocycles. The number of hydrogen-bond donors (Lipinski definition) is 1. The number of Topliss-reactive ketones (excluding diaryl/α,β-unsaturated/α-hetero) is 1. The highest BCUT2D eigenvalue weighted by molar-refractivity contribution is 7.10. The van der Waals surface area contributed by atoms with Crippen molar-refractivity contribution < 1.29 is 4.79 Å². The van der Waals surface area contributed by atoms with E-state index in [1.165, 1.54) is 11.2 Å². The molecule has 0 bridgehead atoms. The fourth-order valence-corrected chi connectivity index (χ4v) is 4.64. The molecule has 1 aliphatic heterocycles. The number of carbonyl (C=O) groups is 1. The Morgan fingerprint density at radius 2 is 2.04 bits per heavy atom. The predicted molar refractivity (Wildman–Crippen MR) is 96.5 cm³/mol. The van der Waals surface area contributed by atoms with E-state index in [4.69, 9.17) is 0 Å². The van der Waals surface area contributed by atoms with Crippen LogP contribution in [0.1, 0.15) is 28.8 Å². The van der Waals surface area contributed by atoms with Crippen LogP contribution >= 0.6 is 11.3 Å². The molecule has 0 spiro atoms. The van der Waals surface area contributed by atoms with Crippen molar-refractivity contribution in [3.63, 3.8) is 0 Å². The molecule has 2 aromatic heterocycles. The van der Waals surface area contributed by atoms with Crippen molar-refractivity contribution in [1.82, 2.24) is 14.8 Å². The van der Waals surface area contributed by atoms with Gasteiger partial charge in [0.25, 0.3) is 0 Å². The largest absolute Gasteiger partial charge is 0.328 e. The molecule has 0 unspecified atom stereocenters. The first kappa shape index (κ1) is 14.6. The van der Waals surface area contributed by atoms with Gasteiger partial charge in [-0.3, -0.25) is 4.79 Å². The highest BCUT2D eigenvalue weighted by Crippen LogP contribution is 2.44. The molecule has 25 heavy (non-hydrogen) atoms. The maximum Gasteiger partial charge on any atom is 0.226 e. The summed E-state index contributed by atoms with van der Waals surface area (Å²) in [4.78, 5) is 18.7. The van der Waals surface area contributed by atoms with Crippen molar-refractivity contribution in [3.8, 4) is 0 Å². The van der Waals surface area contributed by atoms with Crippen molar-refractivity contribution in [1.29, 1.82) is 0 Å². The Balaban J connectivity index is 1.64. The molecule has 1 aliphatic carbocycles. The van der Waals surface area contributed by atoms with Gasteiger partial charge in [-0.1, -0.05) is 42.5 Å². The first-order chi connectivity index (χ1) is 12.3. The Hall–Kier alpha value is -2.73. The van der Waals surface area contributed by atoms with Gasteiger partial charge in [0.05, 0.1) is 12.0 Å². The number of benzene rings is 1. The lowest BCUT2D eigenvalue weighted by atomic mass is 9.77. The van der Waals surface area contributed by atoms with Crippen LogP contribution in [0.3, 0.4) is 0 Å². The number of rotatable bonds is 2. The summed E-state index contributed by atoms with van der Waals surface area (Å²) in [5.74, 6) is 0.833. The van der Waals surface area contributed by atoms with E-state index in [0.29, 0.717) is 12.4 Å². The maximum atomic E-state index is 13.1. The number of nitrogens with zero attached hydrogens (tertiary/aromatic N) is 3. The topological polar surface area (TPSA) is 59.8 Å². The molecule has 5 rings (SSSR count). The Kier molecular flexibility index (Phi) is 3.31. The third-order valence-corrected chi connectivity index (χ3v) is 5.95. The number of nitrogens with one attached hydrogen (secondary N) is 1. The van der Waals surface area contributed by atoms with Crippen LogP contribution in [0.2, 0.25) is 0 Å². The van der Waals surface area contributed by atoms with Crippen LogP contribution in [0.25, 0.3) is 0 Å². The number of hydrogen-bond acceptors (Lipinski definition) is 5. The second kappa shape index (κ2) is 5.67. The molecule has 0 radical (unpaired) electrons. The van der Waals surface area contributed by atoms with Gasteiger partial charge < -0.3 is 5.32 Å². The normalized spacial score (nSPS) is 24.9. The van der Waals surface area contributed by atoms with Gasteiger partial charge in [-0.25, -0.2) is 4.68 Å². The molecule has 3 atom stereocenters. The van der Waals surface area contributed by atoms with E-state index >= 15 is 0 Å². The summed E-state index contributed by atoms with van der Waals surface area (Å²) < 4.78 is 1.83. The van der Waals surface area contributed by atoms with Crippen LogP contribution in [-0.2, 0) is 4.79 Å². The van der Waals surface area contributed by atoms with Gasteiger partial charge in [-0.2, -0.15) is 10.1 Å². The van der Waals surface area contributed by atoms with E-state index in [1.54, 1.807) is 11.3 Å². The highest BCUT2D eigenvalue weighted by Gasteiger charge is 2.43. The quantitative estimate of drug-likeness (QED) is 0.768. The highest BCUT2D eigenvalue weighted by atomic mass is 32.1. The van der Waals surface area contributed by atoms with Gasteiger partial charge in [0, 0.05) is 22.9 Å². The van der Waals surface area contributed by atoms with E-state index in [-0.39, 0.29) is 23.7 Å². The van der Waals surface area contributed by atoms with Gasteiger partial charge in [-0.05, 0) is 17.0 Å². The fraction of sp³-hybridized carbons (Fsp3) is 0.211. The minimum atomic E-state index is -0.243. The van der Waals surface area contributed by atoms with Crippen molar-refractivity contribution in [2.75, 3.05) is 5.32 Å². The summed E-state index contributed by atoms with van der Waals surface area (Å²) in [5, 5.41) is 9.77. The lowest BCUT2D eigenvalue weighted by Gasteiger charge is -2.37. The molecule has 0 amide bonds. The lowest BCUT2D eigenvalue weighted by Crippen LogP contribution is -2.40. The number of aromatic nitrogens is 3. The van der Waals surface area contributed by atoms with Crippen LogP contribution in [0.15, 0.2) is 65.9 Å². The van der Waals surface area contributed by atoms with E-state index in [2.05, 4.69) is 45.1 Å². The predicted octanol–water partition coefficient (Wildman–Crippen LogP) is 3.61. The van der Waals surface area contributed by atoms with E-state index in [1.807, 2.05) is 28.9 Å². The number of anilines is 1. The third kappa shape index (κ3) is 2.33. The second-order valence-corrected chi connectivity index (χ2v) is 7.38. The van der Waals surface area contributed by atoms with Gasteiger partial charge in [0.15, 0.2) is 0 Å². The molecule has 5 nitrogen and oxygen atoms in total. The summed E-state index contributed by atoms with van der Waals surface area (Å²) in [6, 6.07) is 14.1. The summed E-state index contributed by atoms with van der Waals surface area (Å²) >= 11 is 1.70. The Labute approximate surface area is 149 Å². The number of allylic oxidation sites excluding steroid dienone is 2. The fourth-order valence-electron chi connectivity index (χ4n) is 3.84. The molecular formula is C19H16N4OS. The van der Waals surface area contributed by atoms with Crippen LogP contribution < -0.4 is 5.32 Å². The zero-order valence-electron chi connectivity index (χ0n) is 13.4. The van der Waals surface area contributed by atoms with Gasteiger partial charge in [0.1, 0.15) is 12.1 Å². The number of fused-ring (bicyclic) bond motifs is 2. The summed E-state index contributed by atoms with van der Waals surface area (Å²) in [6.07, 6.45) is 4.27. The van der Waals surface area contributed by atoms with Crippen molar-refractivity contribution in [2.45, 2.75) is 18.4 Å². The van der Waals surface area contributed by atoms with Crippen LogP contribution in [0, 0.1) is 5.92 Å². The minimum absolute atomic E-state index is 0.136. The Bertz CT molecular complexity index is 945. The smallest absolute Gasteiger partial charge is 0.226 e. The average molecular weight is 348 g/mol. The summed E-state index contributed by atoms with van der Waals surface area (Å²) in [6.45, 7) is 0. The average Bonchev–Trinajstić information content (AvgIpc) is 3.32. The monoisotopic (exact) mass is 348 g/mol. The molecule has 124 valence electrons. The second-order valence-electron chi connectivity index (χ2n) is 6.40. The van der Waals surface area contributed by atoms with Gasteiger partial charge in [0.2, 0.25) is 5.95 Å². The Morgan fingerprint density at radius 3 is 2.84 bits per heavy atom. The molecule has 2 aliphatic rings. The van der Waals surface area contributed by atoms with Crippen molar-refractivity contribution in [3.05, 3.63) is 76.4 Å². The van der Waals surface area contributed by atoms with Gasteiger partial charge in [-0.15, -0.1) is 11.3 Å². The molecule has 3 heterocycles. The zero-order valence-corrected chi connectivity index (χ0v) is 14.2. The SMILES string of the molecule is O=C1C[C@@H](c2cccs2)C=C2Nc3ncnn3[C@@H](c3ccccc3)[C@H]12. The zero-order chi connectivity index (χ0) is 16.8. The van der Waals surface area contributed by atoms with Crippen molar-refractivity contribution in [2.24, 2.45) is 5.92 Å². The first-order valence-electron chi connectivity index (χ1n) is 8.30. The lowest BCUT2D eigenvalue weighted by molar-refractivity contribution is -0.123. The van der Waals surface area contributed by atoms with Gasteiger partial charge >= 0.3 is 0 Å². The number of carbonyl (C=O) groups excluding carboxylic acids is 1.